The Morgan fingerprint density at radius 2 is 2.27 bits per heavy atom. The molecule has 1 saturated heterocycles. The lowest BCUT2D eigenvalue weighted by molar-refractivity contribution is 1.02. The van der Waals surface area contributed by atoms with Gasteiger partial charge >= 0.3 is 0 Å². The predicted octanol–water partition coefficient (Wildman–Crippen LogP) is 2.42. The summed E-state index contributed by atoms with van der Waals surface area (Å²) in [7, 11) is 0. The molecule has 0 spiro atoms. The number of rotatable bonds is 2. The Morgan fingerprint density at radius 3 is 2.73 bits per heavy atom. The standard InChI is InChI=1S/C8H11NS2/c1-5-8(3-7-4-10-7)11-6(2)9-5/h7H,3-4H2,1-2H3. The van der Waals surface area contributed by atoms with Gasteiger partial charge in [0.05, 0.1) is 10.7 Å². The summed E-state index contributed by atoms with van der Waals surface area (Å²) in [5, 5.41) is 2.12. The molecule has 2 heterocycles. The summed E-state index contributed by atoms with van der Waals surface area (Å²) in [5.74, 6) is 1.36. The zero-order chi connectivity index (χ0) is 7.84. The van der Waals surface area contributed by atoms with Crippen LogP contribution in [-0.2, 0) is 6.42 Å². The van der Waals surface area contributed by atoms with Crippen LogP contribution >= 0.6 is 23.1 Å². The van der Waals surface area contributed by atoms with Crippen molar-refractivity contribution in [2.75, 3.05) is 5.75 Å². The van der Waals surface area contributed by atoms with E-state index in [-0.39, 0.29) is 0 Å². The van der Waals surface area contributed by atoms with Gasteiger partial charge in [0.1, 0.15) is 0 Å². The average Bonchev–Trinajstić information content (AvgIpc) is 2.64. The van der Waals surface area contributed by atoms with E-state index in [0.717, 1.165) is 5.25 Å². The third kappa shape index (κ3) is 1.76. The minimum absolute atomic E-state index is 0.911. The van der Waals surface area contributed by atoms with Crippen LogP contribution in [0.3, 0.4) is 0 Å². The van der Waals surface area contributed by atoms with Gasteiger partial charge in [-0.2, -0.15) is 11.8 Å². The highest BCUT2D eigenvalue weighted by Gasteiger charge is 2.24. The maximum Gasteiger partial charge on any atom is 0.0900 e. The number of nitrogens with zero attached hydrogens (tertiary/aromatic N) is 1. The fourth-order valence-electron chi connectivity index (χ4n) is 1.16. The lowest BCUT2D eigenvalue weighted by Crippen LogP contribution is -1.90. The van der Waals surface area contributed by atoms with E-state index in [0.29, 0.717) is 0 Å². The SMILES string of the molecule is Cc1nc(C)c(CC2CS2)s1. The number of thioether (sulfide) groups is 1. The van der Waals surface area contributed by atoms with Gasteiger partial charge in [0.15, 0.2) is 0 Å². The van der Waals surface area contributed by atoms with Gasteiger partial charge in [0.25, 0.3) is 0 Å². The Bertz CT molecular complexity index is 263. The quantitative estimate of drug-likeness (QED) is 0.656. The Labute approximate surface area is 75.2 Å². The predicted molar refractivity (Wildman–Crippen MR) is 51.5 cm³/mol. The number of hydrogen-bond acceptors (Lipinski definition) is 3. The lowest BCUT2D eigenvalue weighted by Gasteiger charge is -1.91. The first kappa shape index (κ1) is 7.62. The molecular weight excluding hydrogens is 174 g/mol. The van der Waals surface area contributed by atoms with Crippen LogP contribution in [0.2, 0.25) is 0 Å². The van der Waals surface area contributed by atoms with Crippen molar-refractivity contribution in [2.24, 2.45) is 0 Å². The highest BCUT2D eigenvalue weighted by Crippen LogP contribution is 2.35. The van der Waals surface area contributed by atoms with Gasteiger partial charge in [-0.3, -0.25) is 0 Å². The molecule has 1 aliphatic rings. The Kier molecular flexibility index (Phi) is 1.93. The summed E-state index contributed by atoms with van der Waals surface area (Å²) >= 11 is 3.92. The molecule has 1 aromatic rings. The first-order valence-corrected chi connectivity index (χ1v) is 5.67. The molecule has 1 aromatic heterocycles. The topological polar surface area (TPSA) is 12.9 Å². The molecule has 0 saturated carbocycles. The van der Waals surface area contributed by atoms with E-state index in [9.17, 15) is 0 Å². The van der Waals surface area contributed by atoms with Crippen molar-refractivity contribution in [3.63, 3.8) is 0 Å². The molecule has 0 N–H and O–H groups in total. The van der Waals surface area contributed by atoms with Gasteiger partial charge in [-0.25, -0.2) is 4.98 Å². The molecule has 1 aliphatic heterocycles. The molecule has 1 unspecified atom stereocenters. The molecule has 11 heavy (non-hydrogen) atoms. The van der Waals surface area contributed by atoms with Crippen LogP contribution in [0.25, 0.3) is 0 Å². The highest BCUT2D eigenvalue weighted by molar-refractivity contribution is 8.06. The van der Waals surface area contributed by atoms with Crippen LogP contribution in [-0.4, -0.2) is 16.0 Å². The molecule has 1 nitrogen and oxygen atoms in total. The van der Waals surface area contributed by atoms with E-state index in [1.807, 2.05) is 11.3 Å². The first-order chi connectivity index (χ1) is 5.25. The zero-order valence-electron chi connectivity index (χ0n) is 6.76. The van der Waals surface area contributed by atoms with Crippen molar-refractivity contribution in [2.45, 2.75) is 25.5 Å². The van der Waals surface area contributed by atoms with Crippen LogP contribution in [0.1, 0.15) is 15.6 Å². The Balaban J connectivity index is 2.14. The van der Waals surface area contributed by atoms with Crippen molar-refractivity contribution < 1.29 is 0 Å². The normalized spacial score (nSPS) is 22.2. The average molecular weight is 185 g/mol. The van der Waals surface area contributed by atoms with Gasteiger partial charge in [-0.05, 0) is 20.3 Å². The second kappa shape index (κ2) is 2.79. The van der Waals surface area contributed by atoms with E-state index in [1.165, 1.54) is 27.8 Å². The second-order valence-electron chi connectivity index (χ2n) is 2.90. The van der Waals surface area contributed by atoms with Gasteiger partial charge in [0, 0.05) is 15.9 Å². The molecule has 0 bridgehead atoms. The summed E-state index contributed by atoms with van der Waals surface area (Å²) in [5.41, 5.74) is 1.25. The summed E-state index contributed by atoms with van der Waals surface area (Å²) in [4.78, 5) is 5.90. The zero-order valence-corrected chi connectivity index (χ0v) is 8.39. The third-order valence-electron chi connectivity index (χ3n) is 1.82. The minimum atomic E-state index is 0.911. The molecule has 0 aromatic carbocycles. The fraction of sp³-hybridized carbons (Fsp3) is 0.625. The van der Waals surface area contributed by atoms with Gasteiger partial charge in [-0.15, -0.1) is 11.3 Å². The van der Waals surface area contributed by atoms with Crippen molar-refractivity contribution in [1.29, 1.82) is 0 Å². The second-order valence-corrected chi connectivity index (χ2v) is 5.52. The molecule has 2 rings (SSSR count). The number of thiazole rings is 1. The Morgan fingerprint density at radius 1 is 1.55 bits per heavy atom. The van der Waals surface area contributed by atoms with E-state index in [1.54, 1.807) is 0 Å². The number of aromatic nitrogens is 1. The van der Waals surface area contributed by atoms with Gasteiger partial charge in [-0.1, -0.05) is 0 Å². The van der Waals surface area contributed by atoms with Gasteiger partial charge in [0.2, 0.25) is 0 Å². The fourth-order valence-corrected chi connectivity index (χ4v) is 2.82. The molecule has 3 heteroatoms. The van der Waals surface area contributed by atoms with Crippen LogP contribution in [0.4, 0.5) is 0 Å². The van der Waals surface area contributed by atoms with E-state index >= 15 is 0 Å². The molecule has 60 valence electrons. The number of aryl methyl sites for hydroxylation is 2. The van der Waals surface area contributed by atoms with Crippen molar-refractivity contribution in [3.05, 3.63) is 15.6 Å². The molecular formula is C8H11NS2. The minimum Gasteiger partial charge on any atom is -0.247 e. The maximum atomic E-state index is 4.40. The van der Waals surface area contributed by atoms with Crippen LogP contribution in [0.5, 0.6) is 0 Å². The van der Waals surface area contributed by atoms with Crippen molar-refractivity contribution in [1.82, 2.24) is 4.98 Å². The smallest absolute Gasteiger partial charge is 0.0900 e. The van der Waals surface area contributed by atoms with Crippen molar-refractivity contribution >= 4 is 23.1 Å². The summed E-state index contributed by atoms with van der Waals surface area (Å²) < 4.78 is 0. The summed E-state index contributed by atoms with van der Waals surface area (Å²) in [6.07, 6.45) is 1.25. The van der Waals surface area contributed by atoms with Crippen LogP contribution in [0, 0.1) is 13.8 Å². The Hall–Kier alpha value is -0.0200. The summed E-state index contributed by atoms with van der Waals surface area (Å²) in [6, 6.07) is 0. The third-order valence-corrected chi connectivity index (χ3v) is 3.88. The maximum absolute atomic E-state index is 4.40. The highest BCUT2D eigenvalue weighted by atomic mass is 32.2. The molecule has 0 amide bonds. The van der Waals surface area contributed by atoms with Crippen LogP contribution in [0.15, 0.2) is 0 Å². The molecule has 1 atom stereocenters. The lowest BCUT2D eigenvalue weighted by atomic mass is 10.2. The van der Waals surface area contributed by atoms with Gasteiger partial charge < -0.3 is 0 Å². The molecule has 0 aliphatic carbocycles. The molecule has 0 radical (unpaired) electrons. The first-order valence-electron chi connectivity index (χ1n) is 3.80. The number of hydrogen-bond donors (Lipinski definition) is 0. The largest absolute Gasteiger partial charge is 0.247 e. The monoisotopic (exact) mass is 185 g/mol. The van der Waals surface area contributed by atoms with Crippen molar-refractivity contribution in [3.8, 4) is 0 Å². The van der Waals surface area contributed by atoms with Crippen LogP contribution < -0.4 is 0 Å². The van der Waals surface area contributed by atoms with E-state index in [2.05, 4.69) is 30.6 Å². The van der Waals surface area contributed by atoms with E-state index in [4.69, 9.17) is 0 Å². The molecule has 1 fully saturated rings. The van der Waals surface area contributed by atoms with E-state index < -0.39 is 0 Å². The summed E-state index contributed by atoms with van der Waals surface area (Å²) in [6.45, 7) is 4.20.